The number of hydrogen-bond donors (Lipinski definition) is 1. The number of aliphatic hydroxyl groups is 1. The Morgan fingerprint density at radius 1 is 1.00 bits per heavy atom. The van der Waals surface area contributed by atoms with Gasteiger partial charge in [0.15, 0.2) is 0 Å². The van der Waals surface area contributed by atoms with Crippen molar-refractivity contribution in [3.8, 4) is 5.75 Å². The molecular weight excluding hydrogens is 354 g/mol. The molecule has 1 aromatic rings. The Hall–Kier alpha value is -1.18. The molecule has 0 aromatic heterocycles. The summed E-state index contributed by atoms with van der Waals surface area (Å²) in [6, 6.07) is 8.68. The molecule has 6 nitrogen and oxygen atoms in total. The molecule has 1 N–H and O–H groups in total. The minimum Gasteiger partial charge on any atom is -0.492 e. The molecule has 0 bridgehead atoms. The number of aliphatic hydroxyl groups excluding tert-OH is 1. The molecule has 156 valence electrons. The molecule has 0 saturated carbocycles. The van der Waals surface area contributed by atoms with Gasteiger partial charge in [0.25, 0.3) is 0 Å². The summed E-state index contributed by atoms with van der Waals surface area (Å²) in [5.74, 6) is 0.957. The van der Waals surface area contributed by atoms with Gasteiger partial charge >= 0.3 is 0 Å². The molecule has 3 fully saturated rings. The Balaban J connectivity index is 1.25. The Morgan fingerprint density at radius 3 is 2.64 bits per heavy atom. The number of rotatable bonds is 7. The highest BCUT2D eigenvalue weighted by Gasteiger charge is 2.35. The normalized spacial score (nSPS) is 27.9. The van der Waals surface area contributed by atoms with Gasteiger partial charge < -0.3 is 14.6 Å². The second-order valence-corrected chi connectivity index (χ2v) is 8.38. The minimum atomic E-state index is -0.276. The van der Waals surface area contributed by atoms with Crippen LogP contribution in [-0.2, 0) is 11.3 Å². The van der Waals surface area contributed by atoms with Crippen LogP contribution in [0.4, 0.5) is 0 Å². The average molecular weight is 390 g/mol. The largest absolute Gasteiger partial charge is 0.492 e. The van der Waals surface area contributed by atoms with Crippen molar-refractivity contribution in [3.05, 3.63) is 29.8 Å². The van der Waals surface area contributed by atoms with Crippen molar-refractivity contribution in [1.82, 2.24) is 14.7 Å². The van der Waals surface area contributed by atoms with Crippen molar-refractivity contribution in [2.75, 3.05) is 65.6 Å². The highest BCUT2D eigenvalue weighted by molar-refractivity contribution is 5.28. The zero-order valence-corrected chi connectivity index (χ0v) is 17.0. The second kappa shape index (κ2) is 10.0. The molecule has 0 unspecified atom stereocenters. The van der Waals surface area contributed by atoms with Crippen LogP contribution in [0.2, 0.25) is 0 Å². The van der Waals surface area contributed by atoms with Gasteiger partial charge in [-0.2, -0.15) is 0 Å². The van der Waals surface area contributed by atoms with Gasteiger partial charge in [0, 0.05) is 45.3 Å². The first-order valence-corrected chi connectivity index (χ1v) is 10.9. The molecule has 0 aliphatic carbocycles. The number of ether oxygens (including phenoxy) is 2. The summed E-state index contributed by atoms with van der Waals surface area (Å²) in [7, 11) is 0. The van der Waals surface area contributed by atoms with Crippen LogP contribution in [0, 0.1) is 0 Å². The van der Waals surface area contributed by atoms with Gasteiger partial charge in [-0.1, -0.05) is 18.6 Å². The van der Waals surface area contributed by atoms with Crippen LogP contribution < -0.4 is 4.74 Å². The maximum atomic E-state index is 10.5. The molecule has 3 heterocycles. The molecule has 3 aliphatic rings. The Kier molecular flexibility index (Phi) is 7.20. The van der Waals surface area contributed by atoms with Gasteiger partial charge in [0.2, 0.25) is 0 Å². The third kappa shape index (κ3) is 5.45. The first kappa shape index (κ1) is 20.1. The van der Waals surface area contributed by atoms with Crippen LogP contribution in [0.3, 0.4) is 0 Å². The maximum Gasteiger partial charge on any atom is 0.119 e. The molecule has 0 amide bonds. The van der Waals surface area contributed by atoms with E-state index in [0.717, 1.165) is 64.8 Å². The lowest BCUT2D eigenvalue weighted by molar-refractivity contribution is -0.00618. The molecule has 1 aromatic carbocycles. The maximum absolute atomic E-state index is 10.5. The zero-order chi connectivity index (χ0) is 19.2. The first-order valence-electron chi connectivity index (χ1n) is 10.9. The third-order valence-corrected chi connectivity index (χ3v) is 6.28. The van der Waals surface area contributed by atoms with Gasteiger partial charge in [0.05, 0.1) is 19.3 Å². The molecule has 0 spiro atoms. The summed E-state index contributed by atoms with van der Waals surface area (Å²) in [6.45, 7) is 10.1. The lowest BCUT2D eigenvalue weighted by atomic mass is 10.1. The van der Waals surface area contributed by atoms with Crippen LogP contribution in [0.1, 0.15) is 24.8 Å². The highest BCUT2D eigenvalue weighted by atomic mass is 16.5. The van der Waals surface area contributed by atoms with Crippen LogP contribution >= 0.6 is 0 Å². The van der Waals surface area contributed by atoms with E-state index in [4.69, 9.17) is 9.47 Å². The van der Waals surface area contributed by atoms with Gasteiger partial charge in [0.1, 0.15) is 12.4 Å². The van der Waals surface area contributed by atoms with Crippen molar-refractivity contribution in [1.29, 1.82) is 0 Å². The fourth-order valence-corrected chi connectivity index (χ4v) is 4.71. The highest BCUT2D eigenvalue weighted by Crippen LogP contribution is 2.21. The topological polar surface area (TPSA) is 48.4 Å². The quantitative estimate of drug-likeness (QED) is 0.761. The zero-order valence-electron chi connectivity index (χ0n) is 17.0. The molecule has 3 saturated heterocycles. The fraction of sp³-hybridized carbons (Fsp3) is 0.727. The number of piperidine rings is 1. The summed E-state index contributed by atoms with van der Waals surface area (Å²) in [6.07, 6.45) is 3.74. The van der Waals surface area contributed by atoms with Crippen molar-refractivity contribution in [3.63, 3.8) is 0 Å². The average Bonchev–Trinajstić information content (AvgIpc) is 3.10. The Morgan fingerprint density at radius 2 is 1.82 bits per heavy atom. The smallest absolute Gasteiger partial charge is 0.119 e. The first-order chi connectivity index (χ1) is 13.8. The van der Waals surface area contributed by atoms with Gasteiger partial charge in [-0.15, -0.1) is 0 Å². The summed E-state index contributed by atoms with van der Waals surface area (Å²) in [5, 5.41) is 10.5. The van der Waals surface area contributed by atoms with Crippen LogP contribution in [0.15, 0.2) is 24.3 Å². The molecule has 28 heavy (non-hydrogen) atoms. The van der Waals surface area contributed by atoms with E-state index in [0.29, 0.717) is 0 Å². The van der Waals surface area contributed by atoms with Crippen molar-refractivity contribution >= 4 is 0 Å². The lowest BCUT2D eigenvalue weighted by Gasteiger charge is -2.33. The molecule has 0 radical (unpaired) electrons. The van der Waals surface area contributed by atoms with Crippen molar-refractivity contribution < 1.29 is 14.6 Å². The number of β-amino-alcohol motifs (C(OH)–C–C–N with tert-alkyl or cyclic N) is 1. The number of hydrogen-bond acceptors (Lipinski definition) is 6. The SMILES string of the molecule is O[C@H]1CN(Cc2cccc(OCCN3CCCCC3)c2)C[C@@H]1N1CCOCC1. The lowest BCUT2D eigenvalue weighted by Crippen LogP contribution is -2.48. The van der Waals surface area contributed by atoms with E-state index in [2.05, 4.69) is 39.0 Å². The van der Waals surface area contributed by atoms with E-state index in [-0.39, 0.29) is 12.1 Å². The summed E-state index contributed by atoms with van der Waals surface area (Å²) in [5.41, 5.74) is 1.25. The number of benzene rings is 1. The standard InChI is InChI=1S/C22H35N3O3/c26-22-18-24(17-21(22)25-10-12-27-13-11-25)16-19-5-4-6-20(15-19)28-14-9-23-7-2-1-3-8-23/h4-6,15,21-22,26H,1-3,7-14,16-18H2/t21-,22-/m0/s1. The van der Waals surface area contributed by atoms with E-state index in [1.165, 1.54) is 37.9 Å². The predicted octanol–water partition coefficient (Wildman–Crippen LogP) is 1.43. The van der Waals surface area contributed by atoms with E-state index in [9.17, 15) is 5.11 Å². The third-order valence-electron chi connectivity index (χ3n) is 6.28. The Bertz CT molecular complexity index is 602. The molecule has 3 aliphatic heterocycles. The number of morpholine rings is 1. The summed E-state index contributed by atoms with van der Waals surface area (Å²) >= 11 is 0. The van der Waals surface area contributed by atoms with Crippen LogP contribution in [0.5, 0.6) is 5.75 Å². The molecule has 2 atom stereocenters. The van der Waals surface area contributed by atoms with Gasteiger partial charge in [-0.05, 0) is 43.6 Å². The summed E-state index contributed by atoms with van der Waals surface area (Å²) in [4.78, 5) is 7.25. The van der Waals surface area contributed by atoms with E-state index in [1.807, 2.05) is 0 Å². The van der Waals surface area contributed by atoms with Crippen molar-refractivity contribution in [2.45, 2.75) is 38.0 Å². The number of nitrogens with zero attached hydrogens (tertiary/aromatic N) is 3. The van der Waals surface area contributed by atoms with E-state index in [1.54, 1.807) is 0 Å². The number of likely N-dealkylation sites (tertiary alicyclic amines) is 2. The molecule has 6 heteroatoms. The van der Waals surface area contributed by atoms with E-state index < -0.39 is 0 Å². The molecular formula is C22H35N3O3. The van der Waals surface area contributed by atoms with Crippen LogP contribution in [0.25, 0.3) is 0 Å². The monoisotopic (exact) mass is 389 g/mol. The predicted molar refractivity (Wildman–Crippen MR) is 110 cm³/mol. The fourth-order valence-electron chi connectivity index (χ4n) is 4.71. The van der Waals surface area contributed by atoms with Gasteiger partial charge in [-0.25, -0.2) is 0 Å². The molecule has 4 rings (SSSR count). The second-order valence-electron chi connectivity index (χ2n) is 8.38. The summed E-state index contributed by atoms with van der Waals surface area (Å²) < 4.78 is 11.5. The Labute approximate surface area is 169 Å². The minimum absolute atomic E-state index is 0.230. The van der Waals surface area contributed by atoms with E-state index >= 15 is 0 Å². The van der Waals surface area contributed by atoms with Crippen molar-refractivity contribution in [2.24, 2.45) is 0 Å². The van der Waals surface area contributed by atoms with Crippen LogP contribution in [-0.4, -0.2) is 97.6 Å². The van der Waals surface area contributed by atoms with Gasteiger partial charge in [-0.3, -0.25) is 14.7 Å².